The quantitative estimate of drug-likeness (QED) is 0.603. The van der Waals surface area contributed by atoms with Crippen molar-refractivity contribution < 1.29 is 0 Å². The largest absolute Gasteiger partial charge is 0.405 e. The fourth-order valence-corrected chi connectivity index (χ4v) is 0.786. The summed E-state index contributed by atoms with van der Waals surface area (Å²) in [4.78, 5) is 0. The van der Waals surface area contributed by atoms with Gasteiger partial charge < -0.3 is 5.73 Å². The maximum absolute atomic E-state index is 5.30. The molecule has 0 aromatic carbocycles. The minimum Gasteiger partial charge on any atom is -0.405 e. The molecule has 0 rings (SSSR count). The number of hydrogen-bond donors (Lipinski definition) is 1. The molecule has 0 bridgehead atoms. The predicted molar refractivity (Wildman–Crippen MR) is 51.1 cm³/mol. The monoisotopic (exact) mass is 151 g/mol. The van der Waals surface area contributed by atoms with Crippen molar-refractivity contribution in [3.8, 4) is 0 Å². The molecule has 0 aromatic heterocycles. The summed E-state index contributed by atoms with van der Waals surface area (Å²) in [7, 11) is 0. The Morgan fingerprint density at radius 2 is 1.91 bits per heavy atom. The normalized spacial score (nSPS) is 13.9. The Labute approximate surface area is 69.3 Å². The SMILES string of the molecule is C=C/C=C(\C=C/N)C(C)(C)C. The molecule has 0 saturated heterocycles. The van der Waals surface area contributed by atoms with Gasteiger partial charge in [-0.25, -0.2) is 0 Å². The number of hydrogen-bond acceptors (Lipinski definition) is 1. The zero-order valence-corrected chi connectivity index (χ0v) is 7.59. The summed E-state index contributed by atoms with van der Waals surface area (Å²) < 4.78 is 0. The van der Waals surface area contributed by atoms with E-state index >= 15 is 0 Å². The highest BCUT2D eigenvalue weighted by molar-refractivity contribution is 5.27. The lowest BCUT2D eigenvalue weighted by Gasteiger charge is -2.19. The van der Waals surface area contributed by atoms with E-state index in [2.05, 4.69) is 27.4 Å². The molecule has 1 heteroatoms. The van der Waals surface area contributed by atoms with Crippen LogP contribution < -0.4 is 5.73 Å². The minimum absolute atomic E-state index is 0.143. The lowest BCUT2D eigenvalue weighted by atomic mass is 9.86. The maximum atomic E-state index is 5.30. The first kappa shape index (κ1) is 10.0. The summed E-state index contributed by atoms with van der Waals surface area (Å²) in [5.41, 5.74) is 6.63. The zero-order valence-electron chi connectivity index (χ0n) is 7.59. The van der Waals surface area contributed by atoms with E-state index in [1.165, 1.54) is 5.57 Å². The molecule has 0 fully saturated rings. The van der Waals surface area contributed by atoms with Crippen molar-refractivity contribution in [2.45, 2.75) is 20.8 Å². The van der Waals surface area contributed by atoms with Crippen molar-refractivity contribution in [3.05, 3.63) is 36.6 Å². The van der Waals surface area contributed by atoms with Gasteiger partial charge >= 0.3 is 0 Å². The summed E-state index contributed by atoms with van der Waals surface area (Å²) in [6.07, 6.45) is 7.21. The van der Waals surface area contributed by atoms with Crippen LogP contribution in [0, 0.1) is 5.41 Å². The molecule has 0 atom stereocenters. The van der Waals surface area contributed by atoms with Gasteiger partial charge in [-0.15, -0.1) is 0 Å². The van der Waals surface area contributed by atoms with Gasteiger partial charge in [0, 0.05) is 0 Å². The molecule has 0 unspecified atom stereocenters. The smallest absolute Gasteiger partial charge is 0.00594 e. The van der Waals surface area contributed by atoms with Gasteiger partial charge in [0.15, 0.2) is 0 Å². The van der Waals surface area contributed by atoms with Crippen LogP contribution in [0.15, 0.2) is 36.6 Å². The van der Waals surface area contributed by atoms with Gasteiger partial charge in [-0.2, -0.15) is 0 Å². The van der Waals surface area contributed by atoms with Crippen LogP contribution in [0.3, 0.4) is 0 Å². The van der Waals surface area contributed by atoms with Gasteiger partial charge in [-0.3, -0.25) is 0 Å². The third kappa shape index (κ3) is 3.66. The average Bonchev–Trinajstić information content (AvgIpc) is 1.85. The van der Waals surface area contributed by atoms with Crippen LogP contribution in [0.2, 0.25) is 0 Å². The third-order valence-electron chi connectivity index (χ3n) is 1.44. The van der Waals surface area contributed by atoms with Gasteiger partial charge in [0.05, 0.1) is 0 Å². The van der Waals surface area contributed by atoms with Gasteiger partial charge in [-0.1, -0.05) is 39.5 Å². The molecular weight excluding hydrogens is 134 g/mol. The molecule has 2 N–H and O–H groups in total. The van der Waals surface area contributed by atoms with E-state index in [0.29, 0.717) is 0 Å². The van der Waals surface area contributed by atoms with Crippen molar-refractivity contribution in [3.63, 3.8) is 0 Å². The van der Waals surface area contributed by atoms with Gasteiger partial charge in [0.2, 0.25) is 0 Å². The first-order valence-corrected chi connectivity index (χ1v) is 3.74. The molecule has 0 aromatic rings. The molecule has 0 radical (unpaired) electrons. The average molecular weight is 151 g/mol. The zero-order chi connectivity index (χ0) is 8.91. The van der Waals surface area contributed by atoms with Gasteiger partial charge in [0.25, 0.3) is 0 Å². The molecule has 0 aliphatic heterocycles. The lowest BCUT2D eigenvalue weighted by molar-refractivity contribution is 0.517. The van der Waals surface area contributed by atoms with Crippen LogP contribution in [-0.2, 0) is 0 Å². The standard InChI is InChI=1S/C10H17N/c1-5-6-9(7-8-11)10(2,3)4/h5-8H,1,11H2,2-4H3/b8-7-,9-6+. The second-order valence-corrected chi connectivity index (χ2v) is 3.47. The molecule has 0 saturated carbocycles. The summed E-state index contributed by atoms with van der Waals surface area (Å²) in [5.74, 6) is 0. The predicted octanol–water partition coefficient (Wildman–Crippen LogP) is 2.62. The topological polar surface area (TPSA) is 26.0 Å². The van der Waals surface area contributed by atoms with Gasteiger partial charge in [-0.05, 0) is 23.3 Å². The van der Waals surface area contributed by atoms with Crippen LogP contribution in [0.4, 0.5) is 0 Å². The van der Waals surface area contributed by atoms with E-state index < -0.39 is 0 Å². The number of nitrogens with two attached hydrogens (primary N) is 1. The van der Waals surface area contributed by atoms with Crippen molar-refractivity contribution in [1.29, 1.82) is 0 Å². The molecule has 11 heavy (non-hydrogen) atoms. The Hall–Kier alpha value is -0.980. The highest BCUT2D eigenvalue weighted by atomic mass is 14.5. The molecule has 0 amide bonds. The van der Waals surface area contributed by atoms with E-state index in [9.17, 15) is 0 Å². The summed E-state index contributed by atoms with van der Waals surface area (Å²) in [5, 5.41) is 0. The molecule has 1 nitrogen and oxygen atoms in total. The van der Waals surface area contributed by atoms with Crippen LogP contribution in [0.25, 0.3) is 0 Å². The molecule has 62 valence electrons. The van der Waals surface area contributed by atoms with Crippen LogP contribution in [0.1, 0.15) is 20.8 Å². The Bertz CT molecular complexity index is 180. The van der Waals surface area contributed by atoms with Crippen molar-refractivity contribution in [2.24, 2.45) is 11.1 Å². The van der Waals surface area contributed by atoms with E-state index in [4.69, 9.17) is 5.73 Å². The van der Waals surface area contributed by atoms with E-state index in [-0.39, 0.29) is 5.41 Å². The second-order valence-electron chi connectivity index (χ2n) is 3.47. The fraction of sp³-hybridized carbons (Fsp3) is 0.400. The minimum atomic E-state index is 0.143. The second kappa shape index (κ2) is 4.02. The third-order valence-corrected chi connectivity index (χ3v) is 1.44. The number of allylic oxidation sites excluding steroid dienone is 4. The van der Waals surface area contributed by atoms with Crippen molar-refractivity contribution >= 4 is 0 Å². The lowest BCUT2D eigenvalue weighted by Crippen LogP contribution is -2.07. The van der Waals surface area contributed by atoms with Crippen molar-refractivity contribution in [2.75, 3.05) is 0 Å². The summed E-state index contributed by atoms with van der Waals surface area (Å²) in [6, 6.07) is 0. The molecule has 0 spiro atoms. The Morgan fingerprint density at radius 3 is 2.18 bits per heavy atom. The molecule has 0 aliphatic rings. The molecule has 0 aliphatic carbocycles. The first-order chi connectivity index (χ1) is 5.02. The molecule has 0 heterocycles. The fourth-order valence-electron chi connectivity index (χ4n) is 0.786. The summed E-state index contributed by atoms with van der Waals surface area (Å²) >= 11 is 0. The maximum Gasteiger partial charge on any atom is -0.00594 e. The highest BCUT2D eigenvalue weighted by Crippen LogP contribution is 2.25. The van der Waals surface area contributed by atoms with Crippen LogP contribution >= 0.6 is 0 Å². The Balaban J connectivity index is 4.61. The number of rotatable bonds is 2. The Kier molecular flexibility index (Phi) is 3.66. The highest BCUT2D eigenvalue weighted by Gasteiger charge is 2.12. The van der Waals surface area contributed by atoms with Crippen molar-refractivity contribution in [1.82, 2.24) is 0 Å². The Morgan fingerprint density at radius 1 is 1.36 bits per heavy atom. The van der Waals surface area contributed by atoms with E-state index in [0.717, 1.165) is 0 Å². The summed E-state index contributed by atoms with van der Waals surface area (Å²) in [6.45, 7) is 10.1. The van der Waals surface area contributed by atoms with Gasteiger partial charge in [0.1, 0.15) is 0 Å². The van der Waals surface area contributed by atoms with E-state index in [1.54, 1.807) is 12.3 Å². The van der Waals surface area contributed by atoms with Crippen LogP contribution in [-0.4, -0.2) is 0 Å². The first-order valence-electron chi connectivity index (χ1n) is 3.74. The van der Waals surface area contributed by atoms with E-state index in [1.807, 2.05) is 12.2 Å². The molecular formula is C10H17N. The van der Waals surface area contributed by atoms with Crippen LogP contribution in [0.5, 0.6) is 0 Å².